The Kier molecular flexibility index (Phi) is 6.46. The van der Waals surface area contributed by atoms with E-state index in [2.05, 4.69) is 21.0 Å². The third-order valence-corrected chi connectivity index (χ3v) is 4.95. The number of benzene rings is 2. The van der Waals surface area contributed by atoms with E-state index in [9.17, 15) is 9.59 Å². The Morgan fingerprint density at radius 2 is 1.59 bits per heavy atom. The number of urea groups is 1. The van der Waals surface area contributed by atoms with E-state index in [-0.39, 0.29) is 5.11 Å². The first-order valence-corrected chi connectivity index (χ1v) is 9.83. The maximum Gasteiger partial charge on any atom is 0.344 e. The molecule has 3 N–H and O–H groups in total. The third kappa shape index (κ3) is 4.38. The van der Waals surface area contributed by atoms with Crippen LogP contribution in [0.5, 0.6) is 0 Å². The first-order valence-electron chi connectivity index (χ1n) is 9.42. The number of amides is 3. The van der Waals surface area contributed by atoms with Crippen LogP contribution in [0.25, 0.3) is 0 Å². The van der Waals surface area contributed by atoms with Crippen molar-refractivity contribution < 1.29 is 9.59 Å². The summed E-state index contributed by atoms with van der Waals surface area (Å²) in [6.45, 7) is 1.54. The van der Waals surface area contributed by atoms with Crippen molar-refractivity contribution in [2.45, 2.75) is 12.0 Å². The van der Waals surface area contributed by atoms with Gasteiger partial charge in [0.1, 0.15) is 0 Å². The van der Waals surface area contributed by atoms with E-state index in [0.717, 1.165) is 18.0 Å². The summed E-state index contributed by atoms with van der Waals surface area (Å²) in [5.74, 6) is -0.433. The molecule has 2 aromatic rings. The number of carbonyl (C=O) groups is 2. The van der Waals surface area contributed by atoms with Gasteiger partial charge in [0.05, 0.1) is 0 Å². The molecule has 3 rings (SSSR count). The van der Waals surface area contributed by atoms with Gasteiger partial charge in [0.2, 0.25) is 0 Å². The van der Waals surface area contributed by atoms with Crippen molar-refractivity contribution in [3.05, 3.63) is 71.8 Å². The minimum absolute atomic E-state index is 0.226. The number of hydrogen-bond donors (Lipinski definition) is 3. The molecule has 1 fully saturated rings. The van der Waals surface area contributed by atoms with Crippen molar-refractivity contribution in [2.75, 3.05) is 27.2 Å². The lowest BCUT2D eigenvalue weighted by Crippen LogP contribution is -2.52. The molecule has 2 aromatic carbocycles. The van der Waals surface area contributed by atoms with Crippen LogP contribution in [0.2, 0.25) is 0 Å². The van der Waals surface area contributed by atoms with Crippen molar-refractivity contribution in [1.82, 2.24) is 26.0 Å². The molecule has 1 aliphatic heterocycles. The second-order valence-corrected chi connectivity index (χ2v) is 7.49. The monoisotopic (exact) mass is 411 g/mol. The van der Waals surface area contributed by atoms with Crippen molar-refractivity contribution in [1.29, 1.82) is 0 Å². The first kappa shape index (κ1) is 20.8. The van der Waals surface area contributed by atoms with E-state index in [1.807, 2.05) is 74.8 Å². The summed E-state index contributed by atoms with van der Waals surface area (Å²) in [4.78, 5) is 28.3. The summed E-state index contributed by atoms with van der Waals surface area (Å²) < 4.78 is 0. The van der Waals surface area contributed by atoms with Crippen LogP contribution >= 0.6 is 12.2 Å². The molecule has 7 nitrogen and oxygen atoms in total. The topological polar surface area (TPSA) is 76.7 Å². The molecule has 0 radical (unpaired) electrons. The van der Waals surface area contributed by atoms with Crippen LogP contribution in [0, 0.1) is 0 Å². The highest BCUT2D eigenvalue weighted by molar-refractivity contribution is 7.80. The summed E-state index contributed by atoms with van der Waals surface area (Å²) in [5, 5.41) is 7.07. The molecule has 1 heterocycles. The Morgan fingerprint density at radius 1 is 1.03 bits per heavy atom. The zero-order valence-corrected chi connectivity index (χ0v) is 17.3. The van der Waals surface area contributed by atoms with Gasteiger partial charge in [-0.2, -0.15) is 5.01 Å². The number of carbonyl (C=O) groups excluding carboxylic acids is 2. The fraction of sp³-hybridized carbons (Fsp3) is 0.286. The van der Waals surface area contributed by atoms with Crippen molar-refractivity contribution in [3.63, 3.8) is 0 Å². The lowest BCUT2D eigenvalue weighted by molar-refractivity contribution is -0.131. The van der Waals surface area contributed by atoms with E-state index in [0.29, 0.717) is 17.7 Å². The SMILES string of the molecule is CN(C)CCCNC(=S)NN1C(=O)NC(c2ccccc2)(c2ccccc2)C1=O. The molecule has 0 atom stereocenters. The van der Waals surface area contributed by atoms with Crippen molar-refractivity contribution in [3.8, 4) is 0 Å². The highest BCUT2D eigenvalue weighted by Crippen LogP contribution is 2.35. The van der Waals surface area contributed by atoms with E-state index in [4.69, 9.17) is 12.2 Å². The predicted molar refractivity (Wildman–Crippen MR) is 116 cm³/mol. The molecule has 0 spiro atoms. The van der Waals surface area contributed by atoms with Crippen molar-refractivity contribution >= 4 is 29.3 Å². The van der Waals surface area contributed by atoms with Crippen LogP contribution in [0.1, 0.15) is 17.5 Å². The Morgan fingerprint density at radius 3 is 2.10 bits per heavy atom. The summed E-state index contributed by atoms with van der Waals surface area (Å²) in [6, 6.07) is 17.8. The molecule has 0 aromatic heterocycles. The smallest absolute Gasteiger partial charge is 0.344 e. The van der Waals surface area contributed by atoms with E-state index in [1.165, 1.54) is 0 Å². The minimum atomic E-state index is -1.31. The fourth-order valence-corrected chi connectivity index (χ4v) is 3.50. The van der Waals surface area contributed by atoms with Crippen LogP contribution < -0.4 is 16.1 Å². The summed E-state index contributed by atoms with van der Waals surface area (Å²) in [5.41, 5.74) is 2.79. The molecule has 152 valence electrons. The minimum Gasteiger partial charge on any atom is -0.361 e. The average molecular weight is 412 g/mol. The van der Waals surface area contributed by atoms with Gasteiger partial charge in [-0.3, -0.25) is 10.2 Å². The van der Waals surface area contributed by atoms with Crippen LogP contribution in [-0.2, 0) is 10.3 Å². The van der Waals surface area contributed by atoms with Crippen LogP contribution in [0.3, 0.4) is 0 Å². The summed E-state index contributed by atoms with van der Waals surface area (Å²) in [6.07, 6.45) is 0.882. The zero-order valence-electron chi connectivity index (χ0n) is 16.5. The standard InChI is InChI=1S/C21H25N5O2S/c1-25(2)15-9-14-22-19(29)24-26-18(27)21(23-20(26)28,16-10-5-3-6-11-16)17-12-7-4-8-13-17/h3-8,10-13H,9,14-15H2,1-2H3,(H,23,28)(H2,22,24,29). The predicted octanol–water partition coefficient (Wildman–Crippen LogP) is 1.81. The van der Waals surface area contributed by atoms with Gasteiger partial charge in [-0.25, -0.2) is 4.79 Å². The Hall–Kier alpha value is -2.97. The number of rotatable bonds is 7. The number of nitrogens with zero attached hydrogens (tertiary/aromatic N) is 2. The Bertz CT molecular complexity index is 834. The summed E-state index contributed by atoms with van der Waals surface area (Å²) in [7, 11) is 3.99. The maximum atomic E-state index is 13.5. The highest BCUT2D eigenvalue weighted by atomic mass is 32.1. The van der Waals surface area contributed by atoms with Crippen molar-refractivity contribution in [2.24, 2.45) is 0 Å². The van der Waals surface area contributed by atoms with Crippen LogP contribution in [0.15, 0.2) is 60.7 Å². The second kappa shape index (κ2) is 9.02. The lowest BCUT2D eigenvalue weighted by Gasteiger charge is -2.28. The van der Waals surface area contributed by atoms with Gasteiger partial charge < -0.3 is 15.5 Å². The van der Waals surface area contributed by atoms with Crippen LogP contribution in [0.4, 0.5) is 4.79 Å². The highest BCUT2D eigenvalue weighted by Gasteiger charge is 2.54. The van der Waals surface area contributed by atoms with Gasteiger partial charge in [0.15, 0.2) is 10.7 Å². The normalized spacial score (nSPS) is 15.3. The first-order chi connectivity index (χ1) is 13.9. The zero-order chi connectivity index (χ0) is 20.9. The molecule has 8 heteroatoms. The fourth-order valence-electron chi connectivity index (χ4n) is 3.30. The largest absolute Gasteiger partial charge is 0.361 e. The number of thiocarbonyl (C=S) groups is 1. The molecule has 1 saturated heterocycles. The molecule has 0 saturated carbocycles. The van der Waals surface area contributed by atoms with E-state index < -0.39 is 17.5 Å². The average Bonchev–Trinajstić information content (AvgIpc) is 2.98. The van der Waals surface area contributed by atoms with Gasteiger partial charge >= 0.3 is 6.03 Å². The molecule has 1 aliphatic rings. The molecular weight excluding hydrogens is 386 g/mol. The van der Waals surface area contributed by atoms with Crippen LogP contribution in [-0.4, -0.2) is 54.1 Å². The Balaban J connectivity index is 1.82. The van der Waals surface area contributed by atoms with E-state index >= 15 is 0 Å². The number of imide groups is 1. The number of nitrogens with one attached hydrogen (secondary N) is 3. The molecular formula is C21H25N5O2S. The molecule has 0 bridgehead atoms. The number of hydrogen-bond acceptors (Lipinski definition) is 4. The Labute approximate surface area is 176 Å². The third-order valence-electron chi connectivity index (χ3n) is 4.72. The quantitative estimate of drug-likeness (QED) is 0.367. The van der Waals surface area contributed by atoms with Gasteiger partial charge in [0.25, 0.3) is 5.91 Å². The molecule has 0 unspecified atom stereocenters. The van der Waals surface area contributed by atoms with Gasteiger partial charge in [-0.1, -0.05) is 60.7 Å². The summed E-state index contributed by atoms with van der Waals surface area (Å²) >= 11 is 5.27. The lowest BCUT2D eigenvalue weighted by atomic mass is 9.83. The van der Waals surface area contributed by atoms with E-state index in [1.54, 1.807) is 0 Å². The van der Waals surface area contributed by atoms with Gasteiger partial charge in [-0.05, 0) is 50.4 Å². The maximum absolute atomic E-state index is 13.5. The van der Waals surface area contributed by atoms with Gasteiger partial charge in [0, 0.05) is 6.54 Å². The van der Waals surface area contributed by atoms with Gasteiger partial charge in [-0.15, -0.1) is 0 Å². The number of hydrazine groups is 1. The molecule has 29 heavy (non-hydrogen) atoms. The molecule has 0 aliphatic carbocycles. The second-order valence-electron chi connectivity index (χ2n) is 7.08. The molecule has 3 amide bonds.